The molecule has 2 aromatic rings. The third kappa shape index (κ3) is 5.18. The largest absolute Gasteiger partial charge is 0.508 e. The summed E-state index contributed by atoms with van der Waals surface area (Å²) in [6.45, 7) is 8.72. The number of phenolic OH excluding ortho intramolecular Hbond substituents is 6. The first-order valence-corrected chi connectivity index (χ1v) is 7.07. The number of benzene rings is 2. The van der Waals surface area contributed by atoms with Crippen LogP contribution in [-0.4, -0.2) is 30.6 Å². The van der Waals surface area contributed by atoms with Gasteiger partial charge in [-0.3, -0.25) is 0 Å². The van der Waals surface area contributed by atoms with Crippen LogP contribution < -0.4 is 0 Å². The van der Waals surface area contributed by atoms with E-state index in [-0.39, 0.29) is 34.5 Å². The Morgan fingerprint density at radius 2 is 0.826 bits per heavy atom. The van der Waals surface area contributed by atoms with Gasteiger partial charge in [-0.15, -0.1) is 0 Å². The summed E-state index contributed by atoms with van der Waals surface area (Å²) in [6, 6.07) is 3.56. The molecule has 0 aromatic heterocycles. The molecule has 6 nitrogen and oxygen atoms in total. The zero-order valence-electron chi connectivity index (χ0n) is 13.9. The maximum atomic E-state index is 9.25. The Kier molecular flexibility index (Phi) is 7.59. The summed E-state index contributed by atoms with van der Waals surface area (Å²) in [5.74, 6) is -0.575. The van der Waals surface area contributed by atoms with Gasteiger partial charge in [-0.25, -0.2) is 0 Å². The Labute approximate surface area is 135 Å². The molecule has 0 aliphatic carbocycles. The van der Waals surface area contributed by atoms with Gasteiger partial charge >= 0.3 is 0 Å². The van der Waals surface area contributed by atoms with Crippen molar-refractivity contribution >= 4 is 0 Å². The first kappa shape index (κ1) is 20.2. The zero-order chi connectivity index (χ0) is 18.3. The summed E-state index contributed by atoms with van der Waals surface area (Å²) in [7, 11) is 0. The van der Waals surface area contributed by atoms with Crippen LogP contribution in [0.5, 0.6) is 34.5 Å². The van der Waals surface area contributed by atoms with E-state index in [1.807, 2.05) is 13.8 Å². The van der Waals surface area contributed by atoms with Crippen molar-refractivity contribution in [3.8, 4) is 34.5 Å². The minimum Gasteiger partial charge on any atom is -0.508 e. The molecule has 0 amide bonds. The Balaban J connectivity index is 0.000000381. The lowest BCUT2D eigenvalue weighted by Gasteiger charge is -2.06. The van der Waals surface area contributed by atoms with Crippen LogP contribution in [0.4, 0.5) is 0 Å². The molecule has 23 heavy (non-hydrogen) atoms. The Hall–Kier alpha value is -2.76. The van der Waals surface area contributed by atoms with Gasteiger partial charge in [0.2, 0.25) is 0 Å². The second-order valence-corrected chi connectivity index (χ2v) is 4.62. The normalized spacial score (nSPS) is 9.26. The average molecular weight is 324 g/mol. The summed E-state index contributed by atoms with van der Waals surface area (Å²) in [6.07, 6.45) is 0. The van der Waals surface area contributed by atoms with Gasteiger partial charge in [0.15, 0.2) is 0 Å². The van der Waals surface area contributed by atoms with Gasteiger partial charge in [-0.05, 0) is 20.8 Å². The van der Waals surface area contributed by atoms with Gasteiger partial charge in [-0.2, -0.15) is 0 Å². The first-order chi connectivity index (χ1) is 10.6. The maximum absolute atomic E-state index is 9.25. The van der Waals surface area contributed by atoms with Crippen LogP contribution in [0.25, 0.3) is 0 Å². The van der Waals surface area contributed by atoms with E-state index in [1.165, 1.54) is 18.2 Å². The second-order valence-electron chi connectivity index (χ2n) is 4.62. The van der Waals surface area contributed by atoms with E-state index >= 15 is 0 Å². The first-order valence-electron chi connectivity index (χ1n) is 7.07. The predicted octanol–water partition coefficient (Wildman–Crippen LogP) is 3.56. The molecule has 0 fully saturated rings. The SMILES string of the molecule is CC.Cc1c(O)cc(O)c(C)c1O.Cc1c(O)cc(O)cc1O. The molecule has 0 radical (unpaired) electrons. The summed E-state index contributed by atoms with van der Waals surface area (Å²) >= 11 is 0. The number of rotatable bonds is 0. The molecule has 0 saturated carbocycles. The molecule has 6 heteroatoms. The zero-order valence-corrected chi connectivity index (χ0v) is 13.9. The Morgan fingerprint density at radius 3 is 1.17 bits per heavy atom. The van der Waals surface area contributed by atoms with Gasteiger partial charge in [0.1, 0.15) is 34.5 Å². The van der Waals surface area contributed by atoms with Crippen molar-refractivity contribution in [1.82, 2.24) is 0 Å². The molecule has 128 valence electrons. The van der Waals surface area contributed by atoms with Crippen molar-refractivity contribution in [1.29, 1.82) is 0 Å². The van der Waals surface area contributed by atoms with Crippen molar-refractivity contribution in [3.63, 3.8) is 0 Å². The third-order valence-electron chi connectivity index (χ3n) is 3.09. The van der Waals surface area contributed by atoms with Crippen LogP contribution in [0.15, 0.2) is 18.2 Å². The smallest absolute Gasteiger partial charge is 0.128 e. The van der Waals surface area contributed by atoms with Crippen molar-refractivity contribution in [2.45, 2.75) is 34.6 Å². The number of hydrogen-bond donors (Lipinski definition) is 6. The van der Waals surface area contributed by atoms with Crippen molar-refractivity contribution in [3.05, 3.63) is 34.9 Å². The van der Waals surface area contributed by atoms with Crippen molar-refractivity contribution in [2.75, 3.05) is 0 Å². The Morgan fingerprint density at radius 1 is 0.522 bits per heavy atom. The number of aromatic hydroxyl groups is 6. The van der Waals surface area contributed by atoms with Crippen molar-refractivity contribution < 1.29 is 30.6 Å². The minimum absolute atomic E-state index is 0.0532. The van der Waals surface area contributed by atoms with Crippen LogP contribution in [0.2, 0.25) is 0 Å². The molecule has 0 aliphatic rings. The molecular weight excluding hydrogens is 300 g/mol. The highest BCUT2D eigenvalue weighted by molar-refractivity contribution is 5.54. The molecule has 0 bridgehead atoms. The summed E-state index contributed by atoms with van der Waals surface area (Å²) in [5.41, 5.74) is 1.15. The molecule has 0 atom stereocenters. The molecule has 2 aromatic carbocycles. The minimum atomic E-state index is -0.138. The van der Waals surface area contributed by atoms with Crippen LogP contribution in [0.1, 0.15) is 30.5 Å². The molecule has 0 aliphatic heterocycles. The molecule has 0 saturated heterocycles. The third-order valence-corrected chi connectivity index (χ3v) is 3.09. The number of hydrogen-bond acceptors (Lipinski definition) is 6. The quantitative estimate of drug-likeness (QED) is 0.441. The van der Waals surface area contributed by atoms with E-state index in [2.05, 4.69) is 0 Å². The number of phenols is 6. The predicted molar refractivity (Wildman–Crippen MR) is 88.4 cm³/mol. The highest BCUT2D eigenvalue weighted by atomic mass is 16.3. The fourth-order valence-electron chi connectivity index (χ4n) is 1.54. The van der Waals surface area contributed by atoms with Gasteiger partial charge in [-0.1, -0.05) is 13.8 Å². The lowest BCUT2D eigenvalue weighted by atomic mass is 10.1. The van der Waals surface area contributed by atoms with E-state index in [0.717, 1.165) is 0 Å². The summed E-state index contributed by atoms with van der Waals surface area (Å²) in [4.78, 5) is 0. The Bertz CT molecular complexity index is 615. The van der Waals surface area contributed by atoms with E-state index in [1.54, 1.807) is 20.8 Å². The van der Waals surface area contributed by atoms with E-state index in [0.29, 0.717) is 16.7 Å². The molecular formula is C17H24O6. The average Bonchev–Trinajstić information content (AvgIpc) is 2.51. The lowest BCUT2D eigenvalue weighted by Crippen LogP contribution is -1.82. The van der Waals surface area contributed by atoms with Crippen molar-refractivity contribution in [2.24, 2.45) is 0 Å². The molecule has 0 unspecified atom stereocenters. The van der Waals surface area contributed by atoms with E-state index < -0.39 is 0 Å². The van der Waals surface area contributed by atoms with Crippen LogP contribution >= 0.6 is 0 Å². The van der Waals surface area contributed by atoms with E-state index in [4.69, 9.17) is 25.5 Å². The van der Waals surface area contributed by atoms with Crippen LogP contribution in [0.3, 0.4) is 0 Å². The molecule has 0 spiro atoms. The standard InChI is InChI=1S/C8H10O3.C7H8O3.C2H6/c1-4-6(9)3-7(10)5(2)8(4)11;1-4-6(9)2-5(8)3-7(4)10;1-2/h3,9-11H,1-2H3;2-3,8-10H,1H3;1-2H3. The topological polar surface area (TPSA) is 121 Å². The highest BCUT2D eigenvalue weighted by Gasteiger charge is 2.09. The fourth-order valence-corrected chi connectivity index (χ4v) is 1.54. The van der Waals surface area contributed by atoms with Gasteiger partial charge < -0.3 is 30.6 Å². The fraction of sp³-hybridized carbons (Fsp3) is 0.294. The summed E-state index contributed by atoms with van der Waals surface area (Å²) < 4.78 is 0. The van der Waals surface area contributed by atoms with Gasteiger partial charge in [0.05, 0.1) is 0 Å². The van der Waals surface area contributed by atoms with Crippen LogP contribution in [0, 0.1) is 20.8 Å². The van der Waals surface area contributed by atoms with Gasteiger partial charge in [0.25, 0.3) is 0 Å². The second kappa shape index (κ2) is 8.63. The lowest BCUT2D eigenvalue weighted by molar-refractivity contribution is 0.417. The molecule has 6 N–H and O–H groups in total. The maximum Gasteiger partial charge on any atom is 0.128 e. The van der Waals surface area contributed by atoms with Crippen LogP contribution in [-0.2, 0) is 0 Å². The molecule has 0 heterocycles. The van der Waals surface area contributed by atoms with Gasteiger partial charge in [0, 0.05) is 34.9 Å². The summed E-state index contributed by atoms with van der Waals surface area (Å²) in [5, 5.41) is 54.1. The molecule has 2 rings (SSSR count). The highest BCUT2D eigenvalue weighted by Crippen LogP contribution is 2.35. The van der Waals surface area contributed by atoms with E-state index in [9.17, 15) is 5.11 Å². The monoisotopic (exact) mass is 324 g/mol.